The highest BCUT2D eigenvalue weighted by molar-refractivity contribution is 7.89. The molecule has 29 heavy (non-hydrogen) atoms. The summed E-state index contributed by atoms with van der Waals surface area (Å²) in [4.78, 5) is 6.82. The number of hydrogen-bond donors (Lipinski definition) is 2. The van der Waals surface area contributed by atoms with Crippen LogP contribution in [0.2, 0.25) is 0 Å². The molecule has 0 atom stereocenters. The Bertz CT molecular complexity index is 957. The van der Waals surface area contributed by atoms with Crippen LogP contribution in [-0.4, -0.2) is 38.9 Å². The van der Waals surface area contributed by atoms with Crippen molar-refractivity contribution in [3.05, 3.63) is 65.5 Å². The van der Waals surface area contributed by atoms with Gasteiger partial charge in [-0.15, -0.1) is 0 Å². The first-order valence-electron chi connectivity index (χ1n) is 9.72. The molecule has 2 N–H and O–H groups in total. The van der Waals surface area contributed by atoms with Crippen molar-refractivity contribution >= 4 is 16.0 Å². The maximum atomic E-state index is 13.4. The molecule has 0 bridgehead atoms. The molecule has 156 valence electrons. The first kappa shape index (κ1) is 21.3. The molecule has 0 radical (unpaired) electrons. The zero-order valence-corrected chi connectivity index (χ0v) is 17.5. The third-order valence-corrected chi connectivity index (χ3v) is 6.09. The van der Waals surface area contributed by atoms with Gasteiger partial charge in [0.15, 0.2) is 5.96 Å². The second kappa shape index (κ2) is 9.37. The Kier molecular flexibility index (Phi) is 6.87. The minimum absolute atomic E-state index is 0.0839. The van der Waals surface area contributed by atoms with Crippen molar-refractivity contribution in [2.45, 2.75) is 43.8 Å². The van der Waals surface area contributed by atoms with E-state index in [-0.39, 0.29) is 16.8 Å². The Morgan fingerprint density at radius 3 is 2.52 bits per heavy atom. The van der Waals surface area contributed by atoms with E-state index >= 15 is 0 Å². The van der Waals surface area contributed by atoms with E-state index in [2.05, 4.69) is 15.0 Å². The van der Waals surface area contributed by atoms with Crippen molar-refractivity contribution in [1.82, 2.24) is 14.9 Å². The minimum Gasteiger partial charge on any atom is -0.357 e. The number of benzene rings is 2. The van der Waals surface area contributed by atoms with E-state index in [1.165, 1.54) is 12.1 Å². The molecule has 2 aromatic rings. The van der Waals surface area contributed by atoms with Crippen LogP contribution in [0.15, 0.2) is 58.4 Å². The average Bonchev–Trinajstić information content (AvgIpc) is 3.48. The predicted molar refractivity (Wildman–Crippen MR) is 112 cm³/mol. The normalized spacial score (nSPS) is 14.7. The Hall–Kier alpha value is -2.45. The average molecular weight is 419 g/mol. The first-order chi connectivity index (χ1) is 13.9. The lowest BCUT2D eigenvalue weighted by Gasteiger charge is -2.22. The van der Waals surface area contributed by atoms with Crippen LogP contribution >= 0.6 is 0 Å². The molecule has 3 rings (SSSR count). The second-order valence-electron chi connectivity index (χ2n) is 7.20. The summed E-state index contributed by atoms with van der Waals surface area (Å²) >= 11 is 0. The lowest BCUT2D eigenvalue weighted by molar-refractivity contribution is 0.475. The van der Waals surface area contributed by atoms with Gasteiger partial charge in [0, 0.05) is 26.2 Å². The number of sulfonamides is 1. The summed E-state index contributed by atoms with van der Waals surface area (Å²) in [5.41, 5.74) is 1.76. The molecule has 0 amide bonds. The topological polar surface area (TPSA) is 73.8 Å². The fourth-order valence-electron chi connectivity index (χ4n) is 2.88. The van der Waals surface area contributed by atoms with Gasteiger partial charge in [0.25, 0.3) is 0 Å². The molecule has 1 aliphatic rings. The quantitative estimate of drug-likeness (QED) is 0.511. The minimum atomic E-state index is -3.44. The molecule has 6 nitrogen and oxygen atoms in total. The van der Waals surface area contributed by atoms with Crippen LogP contribution in [0, 0.1) is 5.82 Å². The van der Waals surface area contributed by atoms with Crippen molar-refractivity contribution in [3.63, 3.8) is 0 Å². The summed E-state index contributed by atoms with van der Waals surface area (Å²) in [5, 5.41) is 3.23. The molecule has 0 spiro atoms. The van der Waals surface area contributed by atoms with Crippen LogP contribution in [0.4, 0.5) is 4.39 Å². The number of guanidine groups is 1. The maximum absolute atomic E-state index is 13.4. The lowest BCUT2D eigenvalue weighted by atomic mass is 10.2. The summed E-state index contributed by atoms with van der Waals surface area (Å²) < 4.78 is 40.6. The molecule has 0 aliphatic heterocycles. The Morgan fingerprint density at radius 2 is 1.90 bits per heavy atom. The predicted octanol–water partition coefficient (Wildman–Crippen LogP) is 2.86. The van der Waals surface area contributed by atoms with Crippen LogP contribution in [0.5, 0.6) is 0 Å². The zero-order valence-electron chi connectivity index (χ0n) is 16.7. The van der Waals surface area contributed by atoms with E-state index in [1.54, 1.807) is 30.3 Å². The summed E-state index contributed by atoms with van der Waals surface area (Å²) in [7, 11) is -1.55. The third-order valence-electron chi connectivity index (χ3n) is 4.55. The molecule has 0 aromatic heterocycles. The van der Waals surface area contributed by atoms with Crippen molar-refractivity contribution in [3.8, 4) is 0 Å². The van der Waals surface area contributed by atoms with E-state index in [0.29, 0.717) is 25.6 Å². The van der Waals surface area contributed by atoms with Gasteiger partial charge in [-0.05, 0) is 55.2 Å². The fraction of sp³-hybridized carbons (Fsp3) is 0.381. The highest BCUT2D eigenvalue weighted by atomic mass is 32.2. The summed E-state index contributed by atoms with van der Waals surface area (Å²) in [5.74, 6) is 0.438. The van der Waals surface area contributed by atoms with Gasteiger partial charge in [0.05, 0.1) is 11.4 Å². The molecule has 0 unspecified atom stereocenters. The smallest absolute Gasteiger partial charge is 0.240 e. The van der Waals surface area contributed by atoms with Gasteiger partial charge in [-0.1, -0.05) is 24.3 Å². The van der Waals surface area contributed by atoms with Crippen LogP contribution in [-0.2, 0) is 23.1 Å². The number of nitrogens with one attached hydrogen (secondary N) is 2. The second-order valence-corrected chi connectivity index (χ2v) is 8.91. The molecular formula is C21H27FN4O2S. The van der Waals surface area contributed by atoms with Gasteiger partial charge in [-0.3, -0.25) is 0 Å². The van der Waals surface area contributed by atoms with E-state index in [0.717, 1.165) is 24.0 Å². The van der Waals surface area contributed by atoms with Gasteiger partial charge in [0.2, 0.25) is 10.0 Å². The molecule has 2 aromatic carbocycles. The molecule has 1 fully saturated rings. The number of halogens is 1. The van der Waals surface area contributed by atoms with Crippen LogP contribution in [0.1, 0.15) is 30.9 Å². The van der Waals surface area contributed by atoms with Crippen molar-refractivity contribution in [2.75, 3.05) is 13.6 Å². The van der Waals surface area contributed by atoms with Crippen molar-refractivity contribution in [2.24, 2.45) is 4.99 Å². The lowest BCUT2D eigenvalue weighted by Crippen LogP contribution is -2.38. The van der Waals surface area contributed by atoms with E-state index < -0.39 is 10.0 Å². The van der Waals surface area contributed by atoms with Gasteiger partial charge >= 0.3 is 0 Å². The SMILES string of the molecule is CCNC(=NCc1ccc(S(=O)(=O)NC2CC2)cc1)N(C)Cc1cccc(F)c1. The van der Waals surface area contributed by atoms with Crippen LogP contribution in [0.3, 0.4) is 0 Å². The van der Waals surface area contributed by atoms with Crippen molar-refractivity contribution in [1.29, 1.82) is 0 Å². The molecule has 8 heteroatoms. The number of aliphatic imine (C=N–C) groups is 1. The highest BCUT2D eigenvalue weighted by Crippen LogP contribution is 2.22. The molecule has 0 heterocycles. The van der Waals surface area contributed by atoms with Crippen molar-refractivity contribution < 1.29 is 12.8 Å². The number of rotatable bonds is 8. The fourth-order valence-corrected chi connectivity index (χ4v) is 4.19. The van der Waals surface area contributed by atoms with E-state index in [4.69, 9.17) is 0 Å². The zero-order chi connectivity index (χ0) is 20.9. The van der Waals surface area contributed by atoms with E-state index in [9.17, 15) is 12.8 Å². The molecule has 0 saturated heterocycles. The van der Waals surface area contributed by atoms with Gasteiger partial charge in [0.1, 0.15) is 5.82 Å². The largest absolute Gasteiger partial charge is 0.357 e. The molecular weight excluding hydrogens is 391 g/mol. The number of nitrogens with zero attached hydrogens (tertiary/aromatic N) is 2. The van der Waals surface area contributed by atoms with E-state index in [1.807, 2.05) is 24.9 Å². The van der Waals surface area contributed by atoms with Crippen LogP contribution < -0.4 is 10.0 Å². The van der Waals surface area contributed by atoms with Gasteiger partial charge < -0.3 is 10.2 Å². The summed E-state index contributed by atoms with van der Waals surface area (Å²) in [6.07, 6.45) is 1.81. The monoisotopic (exact) mass is 418 g/mol. The van der Waals surface area contributed by atoms with Gasteiger partial charge in [-0.25, -0.2) is 22.5 Å². The summed E-state index contributed by atoms with van der Waals surface area (Å²) in [6, 6.07) is 13.4. The van der Waals surface area contributed by atoms with Gasteiger partial charge in [-0.2, -0.15) is 0 Å². The third kappa shape index (κ3) is 6.27. The van der Waals surface area contributed by atoms with Crippen LogP contribution in [0.25, 0.3) is 0 Å². The molecule has 1 aliphatic carbocycles. The Labute approximate surface area is 171 Å². The standard InChI is InChI=1S/C21H27FN4O2S/c1-3-23-21(26(2)15-17-5-4-6-18(22)13-17)24-14-16-7-11-20(12-8-16)29(27,28)25-19-9-10-19/h4-8,11-13,19,25H,3,9-10,14-15H2,1-2H3,(H,23,24). The number of hydrogen-bond acceptors (Lipinski definition) is 3. The maximum Gasteiger partial charge on any atom is 0.240 e. The summed E-state index contributed by atoms with van der Waals surface area (Å²) in [6.45, 7) is 3.62. The Balaban J connectivity index is 1.66. The first-order valence-corrected chi connectivity index (χ1v) is 11.2. The Morgan fingerprint density at radius 1 is 1.17 bits per heavy atom. The molecule has 1 saturated carbocycles. The highest BCUT2D eigenvalue weighted by Gasteiger charge is 2.27.